The number of aryl methyl sites for hydroxylation is 1. The molecule has 2 aromatic heterocycles. The van der Waals surface area contributed by atoms with Crippen LogP contribution in [-0.4, -0.2) is 22.6 Å². The number of hydrogen-bond acceptors (Lipinski definition) is 5. The molecule has 6 heteroatoms. The maximum atomic E-state index is 12.3. The molecule has 0 unspecified atom stereocenters. The smallest absolute Gasteiger partial charge is 0.258 e. The van der Waals surface area contributed by atoms with Crippen molar-refractivity contribution in [2.45, 2.75) is 40.3 Å². The van der Waals surface area contributed by atoms with Crippen molar-refractivity contribution >= 4 is 5.65 Å². The number of pyridine rings is 1. The Morgan fingerprint density at radius 2 is 1.82 bits per heavy atom. The van der Waals surface area contributed by atoms with Gasteiger partial charge in [-0.05, 0) is 57.0 Å². The molecule has 0 bridgehead atoms. The zero-order valence-electron chi connectivity index (χ0n) is 16.9. The fraction of sp³-hybridized carbons (Fsp3) is 0.364. The second-order valence-corrected chi connectivity index (χ2v) is 6.70. The van der Waals surface area contributed by atoms with E-state index in [2.05, 4.69) is 17.2 Å². The molecule has 2 heterocycles. The van der Waals surface area contributed by atoms with Crippen LogP contribution in [0.25, 0.3) is 5.65 Å². The molecule has 0 aliphatic rings. The topological polar surface area (TPSA) is 64.9 Å². The van der Waals surface area contributed by atoms with Gasteiger partial charge in [0.25, 0.3) is 5.56 Å². The highest BCUT2D eigenvalue weighted by molar-refractivity contribution is 5.44. The molecule has 0 fully saturated rings. The largest absolute Gasteiger partial charge is 0.490 e. The van der Waals surface area contributed by atoms with E-state index in [9.17, 15) is 4.79 Å². The van der Waals surface area contributed by atoms with Crippen molar-refractivity contribution in [1.82, 2.24) is 14.7 Å². The minimum atomic E-state index is -0.0714. The highest BCUT2D eigenvalue weighted by atomic mass is 16.5. The molecule has 3 aromatic rings. The number of aromatic nitrogens is 2. The van der Waals surface area contributed by atoms with Gasteiger partial charge in [0.05, 0.1) is 18.9 Å². The first-order chi connectivity index (χ1) is 13.5. The number of fused-ring (bicyclic) bond motifs is 1. The van der Waals surface area contributed by atoms with E-state index < -0.39 is 0 Å². The van der Waals surface area contributed by atoms with Crippen molar-refractivity contribution in [3.63, 3.8) is 0 Å². The van der Waals surface area contributed by atoms with Gasteiger partial charge in [-0.3, -0.25) is 9.20 Å². The molecule has 0 radical (unpaired) electrons. The number of nitrogens with one attached hydrogen (secondary N) is 1. The summed E-state index contributed by atoms with van der Waals surface area (Å²) in [6.07, 6.45) is 1.81. The van der Waals surface area contributed by atoms with E-state index in [0.717, 1.165) is 28.3 Å². The zero-order chi connectivity index (χ0) is 20.1. The molecule has 6 nitrogen and oxygen atoms in total. The Morgan fingerprint density at radius 3 is 2.57 bits per heavy atom. The summed E-state index contributed by atoms with van der Waals surface area (Å²) in [4.78, 5) is 16.9. The molecular weight excluding hydrogens is 354 g/mol. The molecule has 148 valence electrons. The van der Waals surface area contributed by atoms with Crippen molar-refractivity contribution in [3.05, 3.63) is 69.8 Å². The third-order valence-electron chi connectivity index (χ3n) is 4.52. The maximum absolute atomic E-state index is 12.3. The van der Waals surface area contributed by atoms with Gasteiger partial charge in [-0.15, -0.1) is 0 Å². The molecule has 0 amide bonds. The predicted octanol–water partition coefficient (Wildman–Crippen LogP) is 3.65. The Labute approximate surface area is 165 Å². The normalized spacial score (nSPS) is 12.1. The van der Waals surface area contributed by atoms with Crippen molar-refractivity contribution in [3.8, 4) is 11.5 Å². The minimum Gasteiger partial charge on any atom is -0.490 e. The highest BCUT2D eigenvalue weighted by Gasteiger charge is 2.12. The molecule has 3 rings (SSSR count). The molecule has 0 saturated carbocycles. The first-order valence-corrected chi connectivity index (χ1v) is 9.63. The van der Waals surface area contributed by atoms with Crippen LogP contribution in [0.2, 0.25) is 0 Å². The maximum Gasteiger partial charge on any atom is 0.258 e. The van der Waals surface area contributed by atoms with Gasteiger partial charge in [-0.25, -0.2) is 4.98 Å². The third kappa shape index (κ3) is 4.51. The second-order valence-electron chi connectivity index (χ2n) is 6.70. The van der Waals surface area contributed by atoms with Crippen LogP contribution in [0, 0.1) is 6.92 Å². The van der Waals surface area contributed by atoms with Crippen LogP contribution in [-0.2, 0) is 6.54 Å². The van der Waals surface area contributed by atoms with Crippen LogP contribution >= 0.6 is 0 Å². The summed E-state index contributed by atoms with van der Waals surface area (Å²) in [7, 11) is 0. The Kier molecular flexibility index (Phi) is 6.31. The lowest BCUT2D eigenvalue weighted by molar-refractivity contribution is 0.287. The molecule has 28 heavy (non-hydrogen) atoms. The molecule has 0 spiro atoms. The molecule has 0 saturated heterocycles. The summed E-state index contributed by atoms with van der Waals surface area (Å²) < 4.78 is 12.9. The van der Waals surface area contributed by atoms with Gasteiger partial charge < -0.3 is 14.8 Å². The lowest BCUT2D eigenvalue weighted by atomic mass is 10.1. The van der Waals surface area contributed by atoms with Crippen molar-refractivity contribution < 1.29 is 9.47 Å². The zero-order valence-corrected chi connectivity index (χ0v) is 16.9. The first-order valence-electron chi connectivity index (χ1n) is 9.63. The van der Waals surface area contributed by atoms with Gasteiger partial charge >= 0.3 is 0 Å². The van der Waals surface area contributed by atoms with Crippen LogP contribution in [0.5, 0.6) is 11.5 Å². The molecular formula is C22H27N3O3. The average molecular weight is 381 g/mol. The van der Waals surface area contributed by atoms with Gasteiger partial charge in [-0.2, -0.15) is 0 Å². The Balaban J connectivity index is 1.75. The summed E-state index contributed by atoms with van der Waals surface area (Å²) >= 11 is 0. The molecule has 1 aromatic carbocycles. The van der Waals surface area contributed by atoms with Gasteiger partial charge in [0.1, 0.15) is 5.65 Å². The Hall–Kier alpha value is -2.86. The number of ether oxygens (including phenoxy) is 2. The van der Waals surface area contributed by atoms with E-state index >= 15 is 0 Å². The Morgan fingerprint density at radius 1 is 1.07 bits per heavy atom. The summed E-state index contributed by atoms with van der Waals surface area (Å²) in [5, 5.41) is 3.43. The number of hydrogen-bond donors (Lipinski definition) is 1. The predicted molar refractivity (Wildman–Crippen MR) is 110 cm³/mol. The van der Waals surface area contributed by atoms with E-state index in [4.69, 9.17) is 9.47 Å². The molecule has 1 atom stereocenters. The second kappa shape index (κ2) is 8.89. The van der Waals surface area contributed by atoms with E-state index in [1.54, 1.807) is 16.7 Å². The van der Waals surface area contributed by atoms with E-state index in [-0.39, 0.29) is 11.6 Å². The summed E-state index contributed by atoms with van der Waals surface area (Å²) in [6.45, 7) is 9.60. The van der Waals surface area contributed by atoms with E-state index in [1.807, 2.05) is 51.1 Å². The quantitative estimate of drug-likeness (QED) is 0.645. The monoisotopic (exact) mass is 381 g/mol. The Bertz CT molecular complexity index is 1010. The van der Waals surface area contributed by atoms with Crippen LogP contribution in [0.4, 0.5) is 0 Å². The molecule has 1 N–H and O–H groups in total. The van der Waals surface area contributed by atoms with Gasteiger partial charge in [0.15, 0.2) is 11.5 Å². The fourth-order valence-corrected chi connectivity index (χ4v) is 3.06. The number of benzene rings is 1. The van der Waals surface area contributed by atoms with Crippen molar-refractivity contribution in [2.75, 3.05) is 13.2 Å². The third-order valence-corrected chi connectivity index (χ3v) is 4.52. The summed E-state index contributed by atoms with van der Waals surface area (Å²) in [6, 6.07) is 11.4. The van der Waals surface area contributed by atoms with Gasteiger partial charge in [-0.1, -0.05) is 12.1 Å². The SMILES string of the molecule is CCOc1ccc([C@H](C)NCc2cc(=O)n3cc(C)ccc3n2)cc1OCC. The van der Waals surface area contributed by atoms with Crippen LogP contribution in [0.1, 0.15) is 43.6 Å². The highest BCUT2D eigenvalue weighted by Crippen LogP contribution is 2.30. The van der Waals surface area contributed by atoms with Crippen LogP contribution in [0.15, 0.2) is 47.4 Å². The fourth-order valence-electron chi connectivity index (χ4n) is 3.06. The molecule has 0 aliphatic carbocycles. The van der Waals surface area contributed by atoms with E-state index in [1.165, 1.54) is 0 Å². The van der Waals surface area contributed by atoms with Gasteiger partial charge in [0, 0.05) is 24.8 Å². The number of nitrogens with zero attached hydrogens (tertiary/aromatic N) is 2. The van der Waals surface area contributed by atoms with Gasteiger partial charge in [0.2, 0.25) is 0 Å². The minimum absolute atomic E-state index is 0.0631. The molecule has 0 aliphatic heterocycles. The average Bonchev–Trinajstić information content (AvgIpc) is 2.68. The standard InChI is InChI=1S/C22H27N3O3/c1-5-27-19-9-8-17(11-20(19)28-6-2)16(4)23-13-18-12-22(26)25-14-15(3)7-10-21(25)24-18/h7-12,14,16,23H,5-6,13H2,1-4H3/t16-/m0/s1. The summed E-state index contributed by atoms with van der Waals surface area (Å²) in [5.74, 6) is 1.49. The van der Waals surface area contributed by atoms with Crippen LogP contribution in [0.3, 0.4) is 0 Å². The summed E-state index contributed by atoms with van der Waals surface area (Å²) in [5.41, 5.74) is 3.41. The van der Waals surface area contributed by atoms with Crippen LogP contribution < -0.4 is 20.3 Å². The van der Waals surface area contributed by atoms with Crippen molar-refractivity contribution in [1.29, 1.82) is 0 Å². The lowest BCUT2D eigenvalue weighted by Crippen LogP contribution is -2.22. The van der Waals surface area contributed by atoms with Crippen molar-refractivity contribution in [2.24, 2.45) is 0 Å². The lowest BCUT2D eigenvalue weighted by Gasteiger charge is -2.17. The number of rotatable bonds is 8. The first kappa shape index (κ1) is 19.9. The van der Waals surface area contributed by atoms with E-state index in [0.29, 0.717) is 25.4 Å².